The van der Waals surface area contributed by atoms with Crippen LogP contribution in [0.2, 0.25) is 0 Å². The van der Waals surface area contributed by atoms with Crippen molar-refractivity contribution in [3.63, 3.8) is 0 Å². The van der Waals surface area contributed by atoms with Gasteiger partial charge in [0, 0.05) is 24.7 Å². The first-order chi connectivity index (χ1) is 6.86. The van der Waals surface area contributed by atoms with Gasteiger partial charge in [-0.3, -0.25) is 9.48 Å². The normalized spacial score (nSPS) is 11.5. The van der Waals surface area contributed by atoms with Crippen molar-refractivity contribution >= 4 is 23.3 Å². The Labute approximate surface area is 94.6 Å². The van der Waals surface area contributed by atoms with E-state index in [-0.39, 0.29) is 11.8 Å². The highest BCUT2D eigenvalue weighted by molar-refractivity contribution is 6.20. The van der Waals surface area contributed by atoms with E-state index >= 15 is 0 Å². The molecule has 0 saturated carbocycles. The Bertz CT molecular complexity index is 351. The van der Waals surface area contributed by atoms with E-state index in [9.17, 15) is 4.79 Å². The number of nitrogens with zero attached hydrogens (tertiary/aromatic N) is 2. The second-order valence-electron chi connectivity index (χ2n) is 4.27. The van der Waals surface area contributed by atoms with Gasteiger partial charge in [-0.05, 0) is 20.8 Å². The number of anilines is 1. The van der Waals surface area contributed by atoms with E-state index in [0.717, 1.165) is 5.69 Å². The third kappa shape index (κ3) is 2.72. The number of carbonyl (C=O) groups excluding carboxylic acids is 1. The number of alkyl halides is 1. The van der Waals surface area contributed by atoms with Gasteiger partial charge in [0.25, 0.3) is 0 Å². The van der Waals surface area contributed by atoms with Crippen molar-refractivity contribution in [2.24, 2.45) is 12.5 Å². The lowest BCUT2D eigenvalue weighted by Gasteiger charge is -2.19. The molecule has 15 heavy (non-hydrogen) atoms. The number of carbonyl (C=O) groups is 1. The largest absolute Gasteiger partial charge is 0.309 e. The van der Waals surface area contributed by atoms with Crippen LogP contribution in [0.3, 0.4) is 0 Å². The molecule has 1 heterocycles. The quantitative estimate of drug-likeness (QED) is 0.806. The van der Waals surface area contributed by atoms with E-state index in [1.54, 1.807) is 18.5 Å². The highest BCUT2D eigenvalue weighted by atomic mass is 35.5. The fourth-order valence-electron chi connectivity index (χ4n) is 0.968. The van der Waals surface area contributed by atoms with Gasteiger partial charge in [0.1, 0.15) is 0 Å². The second kappa shape index (κ2) is 4.23. The summed E-state index contributed by atoms with van der Waals surface area (Å²) < 4.78 is 1.71. The summed E-state index contributed by atoms with van der Waals surface area (Å²) in [7, 11) is 1.83. The third-order valence-electron chi connectivity index (χ3n) is 2.30. The van der Waals surface area contributed by atoms with Gasteiger partial charge >= 0.3 is 0 Å². The molecule has 0 atom stereocenters. The zero-order valence-corrected chi connectivity index (χ0v) is 10.2. The van der Waals surface area contributed by atoms with Gasteiger partial charge in [0.2, 0.25) is 5.91 Å². The fourth-order valence-corrected chi connectivity index (χ4v) is 1.09. The Balaban J connectivity index is 2.75. The molecule has 1 amide bonds. The minimum atomic E-state index is -0.576. The van der Waals surface area contributed by atoms with E-state index in [1.165, 1.54) is 0 Å². The van der Waals surface area contributed by atoms with E-state index in [0.29, 0.717) is 5.82 Å². The molecular formula is C10H16ClN3O. The number of amides is 1. The van der Waals surface area contributed by atoms with Crippen LogP contribution in [0.5, 0.6) is 0 Å². The molecule has 0 spiro atoms. The number of nitrogens with one attached hydrogen (secondary N) is 1. The minimum Gasteiger partial charge on any atom is -0.309 e. The Kier molecular flexibility index (Phi) is 3.39. The number of aryl methyl sites for hydroxylation is 2. The minimum absolute atomic E-state index is 0.115. The average Bonchev–Trinajstić information content (AvgIpc) is 2.46. The van der Waals surface area contributed by atoms with Gasteiger partial charge in [-0.2, -0.15) is 5.10 Å². The van der Waals surface area contributed by atoms with Crippen molar-refractivity contribution in [3.05, 3.63) is 11.8 Å². The Morgan fingerprint density at radius 1 is 1.67 bits per heavy atom. The number of hydrogen-bond donors (Lipinski definition) is 1. The summed E-state index contributed by atoms with van der Waals surface area (Å²) in [6, 6.07) is 1.82. The molecule has 1 N–H and O–H groups in total. The highest BCUT2D eigenvalue weighted by Crippen LogP contribution is 2.19. The number of rotatable bonds is 3. The van der Waals surface area contributed by atoms with Crippen molar-refractivity contribution in [2.75, 3.05) is 11.2 Å². The first-order valence-corrected chi connectivity index (χ1v) is 5.28. The topological polar surface area (TPSA) is 46.9 Å². The molecule has 84 valence electrons. The summed E-state index contributed by atoms with van der Waals surface area (Å²) in [6.07, 6.45) is 0. The SMILES string of the molecule is Cc1cc(NC(=O)C(C)(C)CCl)nn1C. The molecule has 0 saturated heterocycles. The summed E-state index contributed by atoms with van der Waals surface area (Å²) >= 11 is 5.70. The molecule has 0 radical (unpaired) electrons. The standard InChI is InChI=1S/C10H16ClN3O/c1-7-5-8(13-14(7)4)12-9(15)10(2,3)6-11/h5H,6H2,1-4H3,(H,12,13,15). The van der Waals surface area contributed by atoms with Crippen LogP contribution in [0, 0.1) is 12.3 Å². The van der Waals surface area contributed by atoms with E-state index < -0.39 is 5.41 Å². The zero-order valence-electron chi connectivity index (χ0n) is 9.47. The summed E-state index contributed by atoms with van der Waals surface area (Å²) in [4.78, 5) is 11.7. The third-order valence-corrected chi connectivity index (χ3v) is 2.97. The van der Waals surface area contributed by atoms with Crippen molar-refractivity contribution < 1.29 is 4.79 Å². The maximum Gasteiger partial charge on any atom is 0.232 e. The zero-order chi connectivity index (χ0) is 11.6. The van der Waals surface area contributed by atoms with Crippen molar-refractivity contribution in [1.29, 1.82) is 0 Å². The molecule has 0 unspecified atom stereocenters. The average molecular weight is 230 g/mol. The Morgan fingerprint density at radius 3 is 2.67 bits per heavy atom. The van der Waals surface area contributed by atoms with Crippen molar-refractivity contribution in [2.45, 2.75) is 20.8 Å². The molecule has 1 rings (SSSR count). The molecule has 1 aromatic rings. The highest BCUT2D eigenvalue weighted by Gasteiger charge is 2.27. The van der Waals surface area contributed by atoms with E-state index in [1.807, 2.05) is 20.0 Å². The van der Waals surface area contributed by atoms with Crippen LogP contribution in [0.1, 0.15) is 19.5 Å². The van der Waals surface area contributed by atoms with E-state index in [4.69, 9.17) is 11.6 Å². The van der Waals surface area contributed by atoms with E-state index in [2.05, 4.69) is 10.4 Å². The summed E-state index contributed by atoms with van der Waals surface area (Å²) in [6.45, 7) is 5.52. The van der Waals surface area contributed by atoms with Crippen LogP contribution in [-0.2, 0) is 11.8 Å². The summed E-state index contributed by atoms with van der Waals surface area (Å²) in [5.41, 5.74) is 0.418. The molecule has 0 aromatic carbocycles. The lowest BCUT2D eigenvalue weighted by molar-refractivity contribution is -0.123. The first-order valence-electron chi connectivity index (χ1n) is 4.75. The van der Waals surface area contributed by atoms with Gasteiger partial charge in [-0.15, -0.1) is 11.6 Å². The lowest BCUT2D eigenvalue weighted by atomic mass is 9.95. The maximum atomic E-state index is 11.7. The Morgan fingerprint density at radius 2 is 2.27 bits per heavy atom. The van der Waals surface area contributed by atoms with Crippen LogP contribution >= 0.6 is 11.6 Å². The molecule has 1 aromatic heterocycles. The van der Waals surface area contributed by atoms with Crippen LogP contribution in [0.4, 0.5) is 5.82 Å². The molecule has 5 heteroatoms. The molecular weight excluding hydrogens is 214 g/mol. The molecule has 0 fully saturated rings. The number of aromatic nitrogens is 2. The monoisotopic (exact) mass is 229 g/mol. The predicted molar refractivity (Wildman–Crippen MR) is 61.1 cm³/mol. The molecule has 4 nitrogen and oxygen atoms in total. The van der Waals surface area contributed by atoms with Crippen LogP contribution in [0.25, 0.3) is 0 Å². The molecule has 0 aliphatic heterocycles. The summed E-state index contributed by atoms with van der Waals surface area (Å²) in [5, 5.41) is 6.88. The molecule has 0 bridgehead atoms. The first kappa shape index (κ1) is 12.0. The van der Waals surface area contributed by atoms with Gasteiger partial charge in [-0.1, -0.05) is 0 Å². The molecule has 0 aliphatic carbocycles. The maximum absolute atomic E-state index is 11.7. The van der Waals surface area contributed by atoms with Crippen molar-refractivity contribution in [3.8, 4) is 0 Å². The molecule has 0 aliphatic rings. The van der Waals surface area contributed by atoms with Crippen molar-refractivity contribution in [1.82, 2.24) is 9.78 Å². The number of hydrogen-bond acceptors (Lipinski definition) is 2. The van der Waals surface area contributed by atoms with Gasteiger partial charge < -0.3 is 5.32 Å². The summed E-state index contributed by atoms with van der Waals surface area (Å²) in [5.74, 6) is 0.735. The van der Waals surface area contributed by atoms with Crippen LogP contribution in [-0.4, -0.2) is 21.6 Å². The fraction of sp³-hybridized carbons (Fsp3) is 0.600. The smallest absolute Gasteiger partial charge is 0.232 e. The van der Waals surface area contributed by atoms with Crippen LogP contribution in [0.15, 0.2) is 6.07 Å². The van der Waals surface area contributed by atoms with Gasteiger partial charge in [-0.25, -0.2) is 0 Å². The van der Waals surface area contributed by atoms with Crippen LogP contribution < -0.4 is 5.32 Å². The predicted octanol–water partition coefficient (Wildman–Crippen LogP) is 1.93. The lowest BCUT2D eigenvalue weighted by Crippen LogP contribution is -2.32. The van der Waals surface area contributed by atoms with Gasteiger partial charge in [0.15, 0.2) is 5.82 Å². The number of halogens is 1. The Hall–Kier alpha value is -1.03. The van der Waals surface area contributed by atoms with Gasteiger partial charge in [0.05, 0.1) is 5.41 Å². The second-order valence-corrected chi connectivity index (χ2v) is 4.53.